The number of halogens is 3. The largest absolute Gasteiger partial charge is 0.406 e. The Kier molecular flexibility index (Phi) is 4.29. The summed E-state index contributed by atoms with van der Waals surface area (Å²) in [5.41, 5.74) is -1.02. The van der Waals surface area contributed by atoms with E-state index in [1.54, 1.807) is 13.8 Å². The molecule has 0 aromatic carbocycles. The maximum Gasteiger partial charge on any atom is 0.406 e. The van der Waals surface area contributed by atoms with Crippen LogP contribution in [0.15, 0.2) is 18.3 Å². The molecule has 2 N–H and O–H groups in total. The summed E-state index contributed by atoms with van der Waals surface area (Å²) in [6.07, 6.45) is -4.03. The van der Waals surface area contributed by atoms with Gasteiger partial charge in [0.1, 0.15) is 12.2 Å². The van der Waals surface area contributed by atoms with Crippen LogP contribution in [-0.4, -0.2) is 33.4 Å². The van der Waals surface area contributed by atoms with Gasteiger partial charge < -0.3 is 15.0 Å². The first-order valence-electron chi connectivity index (χ1n) is 5.75. The Labute approximate surface area is 109 Å². The summed E-state index contributed by atoms with van der Waals surface area (Å²) in [6.45, 7) is 3.45. The highest BCUT2D eigenvalue weighted by Gasteiger charge is 2.31. The number of aliphatic hydroxyl groups excluding tert-OH is 1. The number of carbonyl (C=O) groups excluding carboxylic acids is 1. The molecule has 1 atom stereocenters. The molecule has 1 aromatic heterocycles. The Morgan fingerprint density at radius 3 is 2.53 bits per heavy atom. The van der Waals surface area contributed by atoms with Gasteiger partial charge in [-0.15, -0.1) is 0 Å². The number of alkyl halides is 3. The minimum atomic E-state index is -4.40. The van der Waals surface area contributed by atoms with Gasteiger partial charge in [0, 0.05) is 6.20 Å². The van der Waals surface area contributed by atoms with E-state index in [0.29, 0.717) is 0 Å². The Hall–Kier alpha value is -1.50. The highest BCUT2D eigenvalue weighted by Crippen LogP contribution is 2.19. The summed E-state index contributed by atoms with van der Waals surface area (Å²) in [4.78, 5) is 11.9. The SMILES string of the molecule is CC(O)C(C)(C)NC(=O)c1cccn1CC(F)(F)F. The lowest BCUT2D eigenvalue weighted by atomic mass is 9.98. The van der Waals surface area contributed by atoms with Crippen LogP contribution in [0.5, 0.6) is 0 Å². The van der Waals surface area contributed by atoms with Crippen LogP contribution in [0.4, 0.5) is 13.2 Å². The molecular weight excluding hydrogens is 261 g/mol. The molecular formula is C12H17F3N2O2. The van der Waals surface area contributed by atoms with Crippen molar-refractivity contribution >= 4 is 5.91 Å². The van der Waals surface area contributed by atoms with Gasteiger partial charge in [-0.1, -0.05) is 0 Å². The van der Waals surface area contributed by atoms with Gasteiger partial charge in [-0.3, -0.25) is 4.79 Å². The van der Waals surface area contributed by atoms with E-state index in [-0.39, 0.29) is 5.69 Å². The van der Waals surface area contributed by atoms with Crippen molar-refractivity contribution in [1.82, 2.24) is 9.88 Å². The van der Waals surface area contributed by atoms with Gasteiger partial charge in [0.25, 0.3) is 5.91 Å². The Bertz CT molecular complexity index is 450. The highest BCUT2D eigenvalue weighted by atomic mass is 19.4. The van der Waals surface area contributed by atoms with Crippen LogP contribution in [0.25, 0.3) is 0 Å². The second kappa shape index (κ2) is 5.24. The normalized spacial score (nSPS) is 14.3. The predicted octanol–water partition coefficient (Wildman–Crippen LogP) is 1.94. The Morgan fingerprint density at radius 2 is 2.05 bits per heavy atom. The van der Waals surface area contributed by atoms with E-state index in [9.17, 15) is 23.1 Å². The van der Waals surface area contributed by atoms with Gasteiger partial charge in [0.2, 0.25) is 0 Å². The van der Waals surface area contributed by atoms with Gasteiger partial charge in [-0.2, -0.15) is 13.2 Å². The predicted molar refractivity (Wildman–Crippen MR) is 63.7 cm³/mol. The van der Waals surface area contributed by atoms with E-state index >= 15 is 0 Å². The average Bonchev–Trinajstić information content (AvgIpc) is 2.61. The van der Waals surface area contributed by atoms with Crippen LogP contribution in [-0.2, 0) is 6.54 Å². The van der Waals surface area contributed by atoms with Crippen LogP contribution < -0.4 is 5.32 Å². The van der Waals surface area contributed by atoms with E-state index < -0.39 is 30.3 Å². The summed E-state index contributed by atoms with van der Waals surface area (Å²) < 4.78 is 37.8. The van der Waals surface area contributed by atoms with Crippen molar-refractivity contribution in [3.8, 4) is 0 Å². The van der Waals surface area contributed by atoms with E-state index in [4.69, 9.17) is 0 Å². The number of hydrogen-bond donors (Lipinski definition) is 2. The first-order chi connectivity index (χ1) is 8.53. The zero-order chi connectivity index (χ0) is 14.8. The van der Waals surface area contributed by atoms with Gasteiger partial charge in [-0.05, 0) is 32.9 Å². The third-order valence-corrected chi connectivity index (χ3v) is 2.89. The first-order valence-corrected chi connectivity index (χ1v) is 5.75. The van der Waals surface area contributed by atoms with Crippen LogP contribution in [0.1, 0.15) is 31.3 Å². The summed E-state index contributed by atoms with van der Waals surface area (Å²) >= 11 is 0. The second-order valence-electron chi connectivity index (χ2n) is 4.99. The fourth-order valence-corrected chi connectivity index (χ4v) is 1.41. The molecule has 4 nitrogen and oxygen atoms in total. The number of carbonyl (C=O) groups is 1. The van der Waals surface area contributed by atoms with Crippen molar-refractivity contribution in [3.63, 3.8) is 0 Å². The van der Waals surface area contributed by atoms with Gasteiger partial charge in [0.05, 0.1) is 11.6 Å². The lowest BCUT2D eigenvalue weighted by molar-refractivity contribution is -0.140. The molecule has 1 rings (SSSR count). The third kappa shape index (κ3) is 4.27. The number of rotatable bonds is 4. The standard InChI is InChI=1S/C12H17F3N2O2/c1-8(18)11(2,3)16-10(19)9-5-4-6-17(9)7-12(13,14)15/h4-6,8,18H,7H2,1-3H3,(H,16,19). The topological polar surface area (TPSA) is 54.3 Å². The molecule has 0 radical (unpaired) electrons. The molecule has 0 bridgehead atoms. The minimum absolute atomic E-state index is 0.0916. The Morgan fingerprint density at radius 1 is 1.47 bits per heavy atom. The third-order valence-electron chi connectivity index (χ3n) is 2.89. The molecule has 0 saturated heterocycles. The minimum Gasteiger partial charge on any atom is -0.391 e. The smallest absolute Gasteiger partial charge is 0.391 e. The van der Waals surface area contributed by atoms with Crippen molar-refractivity contribution in [3.05, 3.63) is 24.0 Å². The molecule has 0 aliphatic heterocycles. The van der Waals surface area contributed by atoms with Crippen molar-refractivity contribution in [1.29, 1.82) is 0 Å². The maximum atomic E-state index is 12.3. The fourth-order valence-electron chi connectivity index (χ4n) is 1.41. The number of aromatic nitrogens is 1. The molecule has 19 heavy (non-hydrogen) atoms. The van der Waals surface area contributed by atoms with Crippen LogP contribution >= 0.6 is 0 Å². The number of hydrogen-bond acceptors (Lipinski definition) is 2. The molecule has 1 heterocycles. The molecule has 108 valence electrons. The van der Waals surface area contributed by atoms with Crippen LogP contribution in [0.2, 0.25) is 0 Å². The van der Waals surface area contributed by atoms with E-state index in [1.807, 2.05) is 0 Å². The zero-order valence-corrected chi connectivity index (χ0v) is 11.0. The second-order valence-corrected chi connectivity index (χ2v) is 4.99. The average molecular weight is 278 g/mol. The van der Waals surface area contributed by atoms with Crippen molar-refractivity contribution in [2.45, 2.75) is 45.1 Å². The number of nitrogens with zero attached hydrogens (tertiary/aromatic N) is 1. The molecule has 0 aliphatic rings. The molecule has 1 amide bonds. The summed E-state index contributed by atoms with van der Waals surface area (Å²) in [5, 5.41) is 12.0. The molecule has 1 unspecified atom stereocenters. The number of amides is 1. The van der Waals surface area contributed by atoms with Crippen molar-refractivity contribution in [2.24, 2.45) is 0 Å². The fraction of sp³-hybridized carbons (Fsp3) is 0.583. The molecule has 7 heteroatoms. The molecule has 1 aromatic rings. The monoisotopic (exact) mass is 278 g/mol. The summed E-state index contributed by atoms with van der Waals surface area (Å²) in [6, 6.07) is 2.68. The van der Waals surface area contributed by atoms with Gasteiger partial charge in [-0.25, -0.2) is 0 Å². The highest BCUT2D eigenvalue weighted by molar-refractivity contribution is 5.93. The van der Waals surface area contributed by atoms with E-state index in [0.717, 1.165) is 4.57 Å². The first kappa shape index (κ1) is 15.6. The maximum absolute atomic E-state index is 12.3. The van der Waals surface area contributed by atoms with E-state index in [2.05, 4.69) is 5.32 Å². The molecule has 0 aliphatic carbocycles. The zero-order valence-electron chi connectivity index (χ0n) is 11.0. The molecule has 0 spiro atoms. The van der Waals surface area contributed by atoms with Crippen LogP contribution in [0.3, 0.4) is 0 Å². The molecule has 0 fully saturated rings. The van der Waals surface area contributed by atoms with Crippen molar-refractivity contribution < 1.29 is 23.1 Å². The lowest BCUT2D eigenvalue weighted by Crippen LogP contribution is -2.51. The van der Waals surface area contributed by atoms with Gasteiger partial charge >= 0.3 is 6.18 Å². The lowest BCUT2D eigenvalue weighted by Gasteiger charge is -2.29. The Balaban J connectivity index is 2.87. The van der Waals surface area contributed by atoms with E-state index in [1.165, 1.54) is 25.3 Å². The van der Waals surface area contributed by atoms with Crippen LogP contribution in [0, 0.1) is 0 Å². The summed E-state index contributed by atoms with van der Waals surface area (Å²) in [7, 11) is 0. The quantitative estimate of drug-likeness (QED) is 0.884. The molecule has 0 saturated carbocycles. The summed E-state index contributed by atoms with van der Waals surface area (Å²) in [5.74, 6) is -0.653. The number of aliphatic hydroxyl groups is 1. The van der Waals surface area contributed by atoms with Crippen molar-refractivity contribution in [2.75, 3.05) is 0 Å². The van der Waals surface area contributed by atoms with Gasteiger partial charge in [0.15, 0.2) is 0 Å². The number of nitrogens with one attached hydrogen (secondary N) is 1.